The van der Waals surface area contributed by atoms with Crippen LogP contribution in [0.4, 0.5) is 5.69 Å². The SMILES string of the molecule is C[C@@H](SC1=NCCS1)C(=O)Nc1ccc(Cl)cc1Cl. The summed E-state index contributed by atoms with van der Waals surface area (Å²) in [5.74, 6) is 0.907. The van der Waals surface area contributed by atoms with E-state index < -0.39 is 0 Å². The number of hydrogen-bond donors (Lipinski definition) is 1. The lowest BCUT2D eigenvalue weighted by atomic mass is 10.3. The first-order chi connectivity index (χ1) is 9.06. The molecule has 1 amide bonds. The summed E-state index contributed by atoms with van der Waals surface area (Å²) < 4.78 is 0.977. The number of nitrogens with one attached hydrogen (secondary N) is 1. The minimum atomic E-state index is -0.212. The van der Waals surface area contributed by atoms with Crippen molar-refractivity contribution in [2.24, 2.45) is 4.99 Å². The summed E-state index contributed by atoms with van der Waals surface area (Å²) in [7, 11) is 0. The lowest BCUT2D eigenvalue weighted by Gasteiger charge is -2.12. The summed E-state index contributed by atoms with van der Waals surface area (Å²) in [6, 6.07) is 4.99. The predicted molar refractivity (Wildman–Crippen MR) is 86.9 cm³/mol. The standard InChI is InChI=1S/C12H12Cl2N2OS2/c1-7(19-12-15-4-5-18-12)11(17)16-10-3-2-8(13)6-9(10)14/h2-3,6-7H,4-5H2,1H3,(H,16,17)/t7-/m1/s1. The number of anilines is 1. The van der Waals surface area contributed by atoms with Crippen LogP contribution in [0.15, 0.2) is 23.2 Å². The first-order valence-corrected chi connectivity index (χ1v) is 8.28. The molecule has 0 saturated heterocycles. The molecular formula is C12H12Cl2N2OS2. The molecule has 0 aliphatic carbocycles. The van der Waals surface area contributed by atoms with Gasteiger partial charge in [0.15, 0.2) is 0 Å². The van der Waals surface area contributed by atoms with Gasteiger partial charge in [0.1, 0.15) is 4.38 Å². The van der Waals surface area contributed by atoms with E-state index in [9.17, 15) is 4.79 Å². The second-order valence-electron chi connectivity index (χ2n) is 3.87. The molecule has 19 heavy (non-hydrogen) atoms. The van der Waals surface area contributed by atoms with Crippen LogP contribution in [0.1, 0.15) is 6.92 Å². The van der Waals surface area contributed by atoms with Crippen LogP contribution in [0.5, 0.6) is 0 Å². The number of rotatable bonds is 3. The highest BCUT2D eigenvalue weighted by atomic mass is 35.5. The van der Waals surface area contributed by atoms with Gasteiger partial charge in [0.2, 0.25) is 5.91 Å². The van der Waals surface area contributed by atoms with E-state index in [0.29, 0.717) is 15.7 Å². The van der Waals surface area contributed by atoms with Crippen molar-refractivity contribution < 1.29 is 4.79 Å². The van der Waals surface area contributed by atoms with Crippen molar-refractivity contribution in [3.8, 4) is 0 Å². The maximum absolute atomic E-state index is 12.0. The van der Waals surface area contributed by atoms with Gasteiger partial charge in [-0.15, -0.1) is 0 Å². The molecule has 3 nitrogen and oxygen atoms in total. The topological polar surface area (TPSA) is 41.5 Å². The lowest BCUT2D eigenvalue weighted by molar-refractivity contribution is -0.115. The number of aliphatic imine (C=N–C) groups is 1. The van der Waals surface area contributed by atoms with Crippen LogP contribution in [-0.4, -0.2) is 27.8 Å². The highest BCUT2D eigenvalue weighted by molar-refractivity contribution is 8.39. The quantitative estimate of drug-likeness (QED) is 0.902. The average molecular weight is 335 g/mol. The first kappa shape index (κ1) is 15.0. The number of carbonyl (C=O) groups excluding carboxylic acids is 1. The highest BCUT2D eigenvalue weighted by Gasteiger charge is 2.19. The van der Waals surface area contributed by atoms with Crippen LogP contribution in [0, 0.1) is 0 Å². The van der Waals surface area contributed by atoms with Gasteiger partial charge in [-0.3, -0.25) is 9.79 Å². The Kier molecular flexibility index (Phi) is 5.45. The monoisotopic (exact) mass is 334 g/mol. The minimum Gasteiger partial charge on any atom is -0.324 e. The van der Waals surface area contributed by atoms with Crippen molar-refractivity contribution >= 4 is 62.7 Å². The second kappa shape index (κ2) is 6.88. The van der Waals surface area contributed by atoms with Gasteiger partial charge in [-0.1, -0.05) is 46.7 Å². The number of thioether (sulfide) groups is 2. The second-order valence-corrected chi connectivity index (χ2v) is 7.38. The summed E-state index contributed by atoms with van der Waals surface area (Å²) in [5.41, 5.74) is 0.574. The van der Waals surface area contributed by atoms with E-state index in [1.165, 1.54) is 11.8 Å². The molecule has 0 aromatic heterocycles. The highest BCUT2D eigenvalue weighted by Crippen LogP contribution is 2.28. The first-order valence-electron chi connectivity index (χ1n) is 5.66. The average Bonchev–Trinajstić information content (AvgIpc) is 2.85. The molecule has 1 atom stereocenters. The third-order valence-corrected chi connectivity index (χ3v) is 5.24. The van der Waals surface area contributed by atoms with Crippen LogP contribution in [0.25, 0.3) is 0 Å². The third kappa shape index (κ3) is 4.31. The Labute approximate surface area is 130 Å². The van der Waals surface area contributed by atoms with Gasteiger partial charge >= 0.3 is 0 Å². The van der Waals surface area contributed by atoms with Gasteiger partial charge in [0.25, 0.3) is 0 Å². The number of amides is 1. The zero-order chi connectivity index (χ0) is 13.8. The van der Waals surface area contributed by atoms with Gasteiger partial charge in [-0.25, -0.2) is 0 Å². The molecule has 0 fully saturated rings. The van der Waals surface area contributed by atoms with Gasteiger partial charge in [0.05, 0.1) is 22.5 Å². The Bertz CT molecular complexity index is 522. The molecule has 1 aliphatic rings. The van der Waals surface area contributed by atoms with Crippen molar-refractivity contribution in [2.45, 2.75) is 12.2 Å². The summed E-state index contributed by atoms with van der Waals surface area (Å²) in [6.07, 6.45) is 0. The van der Waals surface area contributed by atoms with E-state index in [0.717, 1.165) is 16.7 Å². The molecular weight excluding hydrogens is 323 g/mol. The number of carbonyl (C=O) groups is 1. The van der Waals surface area contributed by atoms with Gasteiger partial charge in [0, 0.05) is 10.8 Å². The van der Waals surface area contributed by atoms with E-state index in [2.05, 4.69) is 10.3 Å². The zero-order valence-corrected chi connectivity index (χ0v) is 13.3. The van der Waals surface area contributed by atoms with E-state index in [1.807, 2.05) is 6.92 Å². The molecule has 102 valence electrons. The van der Waals surface area contributed by atoms with E-state index in [-0.39, 0.29) is 11.2 Å². The lowest BCUT2D eigenvalue weighted by Crippen LogP contribution is -2.23. The van der Waals surface area contributed by atoms with Crippen LogP contribution in [0.2, 0.25) is 10.0 Å². The van der Waals surface area contributed by atoms with E-state index >= 15 is 0 Å². The fourth-order valence-corrected chi connectivity index (χ4v) is 4.00. The third-order valence-electron chi connectivity index (χ3n) is 2.39. The Morgan fingerprint density at radius 3 is 2.95 bits per heavy atom. The normalized spacial score (nSPS) is 16.1. The Morgan fingerprint density at radius 1 is 1.53 bits per heavy atom. The van der Waals surface area contributed by atoms with Crippen molar-refractivity contribution in [1.82, 2.24) is 0 Å². The molecule has 7 heteroatoms. The van der Waals surface area contributed by atoms with Crippen LogP contribution in [0.3, 0.4) is 0 Å². The van der Waals surface area contributed by atoms with E-state index in [1.54, 1.807) is 30.0 Å². The molecule has 1 heterocycles. The fourth-order valence-electron chi connectivity index (χ4n) is 1.42. The zero-order valence-electron chi connectivity index (χ0n) is 10.2. The molecule has 0 unspecified atom stereocenters. The summed E-state index contributed by atoms with van der Waals surface area (Å²) in [4.78, 5) is 16.4. The maximum Gasteiger partial charge on any atom is 0.237 e. The van der Waals surface area contributed by atoms with Crippen molar-refractivity contribution in [2.75, 3.05) is 17.6 Å². The predicted octanol–water partition coefficient (Wildman–Crippen LogP) is 4.16. The van der Waals surface area contributed by atoms with Crippen molar-refractivity contribution in [3.05, 3.63) is 28.2 Å². The molecule has 1 aromatic carbocycles. The Balaban J connectivity index is 1.96. The van der Waals surface area contributed by atoms with Crippen LogP contribution in [-0.2, 0) is 4.79 Å². The summed E-state index contributed by atoms with van der Waals surface area (Å²) in [5, 5.41) is 3.56. The number of benzene rings is 1. The largest absolute Gasteiger partial charge is 0.324 e. The number of hydrogen-bond acceptors (Lipinski definition) is 4. The molecule has 0 spiro atoms. The number of halogens is 2. The smallest absolute Gasteiger partial charge is 0.237 e. The van der Waals surface area contributed by atoms with Gasteiger partial charge < -0.3 is 5.32 Å². The maximum atomic E-state index is 12.0. The molecule has 1 aliphatic heterocycles. The molecule has 0 radical (unpaired) electrons. The van der Waals surface area contributed by atoms with Gasteiger partial charge in [-0.2, -0.15) is 0 Å². The minimum absolute atomic E-state index is 0.0931. The van der Waals surface area contributed by atoms with Crippen molar-refractivity contribution in [1.29, 1.82) is 0 Å². The van der Waals surface area contributed by atoms with Crippen molar-refractivity contribution in [3.63, 3.8) is 0 Å². The Hall–Kier alpha value is -0.360. The summed E-state index contributed by atoms with van der Waals surface area (Å²) in [6.45, 7) is 2.69. The van der Waals surface area contributed by atoms with E-state index in [4.69, 9.17) is 23.2 Å². The van der Waals surface area contributed by atoms with Crippen LogP contribution < -0.4 is 5.32 Å². The molecule has 2 rings (SSSR count). The summed E-state index contributed by atoms with van der Waals surface area (Å²) >= 11 is 15.0. The molecule has 1 N–H and O–H groups in total. The fraction of sp³-hybridized carbons (Fsp3) is 0.333. The van der Waals surface area contributed by atoms with Crippen LogP contribution >= 0.6 is 46.7 Å². The number of nitrogens with zero attached hydrogens (tertiary/aromatic N) is 1. The molecule has 0 bridgehead atoms. The molecule has 0 saturated carbocycles. The Morgan fingerprint density at radius 2 is 2.32 bits per heavy atom. The van der Waals surface area contributed by atoms with Gasteiger partial charge in [-0.05, 0) is 25.1 Å². The molecule has 1 aromatic rings.